The molecule has 0 aliphatic heterocycles. The van der Waals surface area contributed by atoms with Crippen molar-refractivity contribution in [3.05, 3.63) is 162 Å². The molecular formula is C28H24N2. The number of hydrogen-bond acceptors (Lipinski definition) is 1. The second-order valence-corrected chi connectivity index (χ2v) is 6.97. The van der Waals surface area contributed by atoms with Crippen LogP contribution in [0.2, 0.25) is 0 Å². The Morgan fingerprint density at radius 1 is 0.467 bits per heavy atom. The first-order valence-corrected chi connectivity index (χ1v) is 10.1. The van der Waals surface area contributed by atoms with Crippen LogP contribution in [0.5, 0.6) is 0 Å². The summed E-state index contributed by atoms with van der Waals surface area (Å²) in [5.74, 6) is 0. The maximum atomic E-state index is 3.67. The van der Waals surface area contributed by atoms with Crippen LogP contribution in [0.3, 0.4) is 0 Å². The number of H-pyrrole nitrogens is 1. The fourth-order valence-corrected chi connectivity index (χ4v) is 3.97. The van der Waals surface area contributed by atoms with E-state index in [-0.39, 0.29) is 5.41 Å². The van der Waals surface area contributed by atoms with Crippen LogP contribution >= 0.6 is 0 Å². The zero-order valence-electron chi connectivity index (χ0n) is 16.7. The Balaban J connectivity index is 0.000000383. The van der Waals surface area contributed by atoms with E-state index in [4.69, 9.17) is 0 Å². The average Bonchev–Trinajstić information content (AvgIpc) is 3.43. The lowest BCUT2D eigenvalue weighted by molar-refractivity contribution is 0.745. The van der Waals surface area contributed by atoms with Gasteiger partial charge in [0.2, 0.25) is 0 Å². The van der Waals surface area contributed by atoms with Crippen molar-refractivity contribution in [3.8, 4) is 0 Å². The third-order valence-corrected chi connectivity index (χ3v) is 5.23. The Morgan fingerprint density at radius 2 is 0.800 bits per heavy atom. The number of rotatable bonds is 4. The number of hydrogen-bond donors (Lipinski definition) is 1. The van der Waals surface area contributed by atoms with Crippen molar-refractivity contribution in [1.82, 2.24) is 9.97 Å². The summed E-state index contributed by atoms with van der Waals surface area (Å²) in [7, 11) is 0. The predicted octanol–water partition coefficient (Wildman–Crippen LogP) is 6.48. The first-order valence-electron chi connectivity index (χ1n) is 10.1. The number of nitrogens with one attached hydrogen (secondary N) is 1. The summed E-state index contributed by atoms with van der Waals surface area (Å²) in [5.41, 5.74) is 4.78. The standard InChI is InChI=1S/C25H20.C3H4N2/c1-5-13-21(14-6-1)25(22-15-7-2-8-16-22,23-17-9-3-10-18-23)24-19-11-4-12-20-24;1-2-5-3-4-1/h1-20H;1-3H,(H,4,5). The highest BCUT2D eigenvalue weighted by Gasteiger charge is 2.37. The van der Waals surface area contributed by atoms with Gasteiger partial charge in [-0.25, -0.2) is 4.98 Å². The largest absolute Gasteiger partial charge is 0.351 e. The lowest BCUT2D eigenvalue weighted by atomic mass is 9.65. The summed E-state index contributed by atoms with van der Waals surface area (Å²) >= 11 is 0. The number of benzene rings is 4. The fraction of sp³-hybridized carbons (Fsp3) is 0.0357. The van der Waals surface area contributed by atoms with Gasteiger partial charge in [0.15, 0.2) is 0 Å². The van der Waals surface area contributed by atoms with Crippen LogP contribution in [-0.2, 0) is 5.41 Å². The molecule has 1 N–H and O–H groups in total. The molecule has 0 bridgehead atoms. The molecule has 4 aromatic carbocycles. The van der Waals surface area contributed by atoms with Crippen molar-refractivity contribution in [2.45, 2.75) is 5.41 Å². The van der Waals surface area contributed by atoms with E-state index in [0.29, 0.717) is 0 Å². The summed E-state index contributed by atoms with van der Waals surface area (Å²) < 4.78 is 0. The minimum absolute atomic E-state index is 0.328. The van der Waals surface area contributed by atoms with E-state index in [2.05, 4.69) is 131 Å². The monoisotopic (exact) mass is 388 g/mol. The molecule has 146 valence electrons. The molecule has 2 nitrogen and oxygen atoms in total. The van der Waals surface area contributed by atoms with Gasteiger partial charge < -0.3 is 4.98 Å². The Kier molecular flexibility index (Phi) is 6.16. The predicted molar refractivity (Wildman–Crippen MR) is 123 cm³/mol. The van der Waals surface area contributed by atoms with Crippen molar-refractivity contribution in [2.75, 3.05) is 0 Å². The number of aromatic nitrogens is 2. The molecule has 1 aromatic heterocycles. The van der Waals surface area contributed by atoms with Gasteiger partial charge in [-0.15, -0.1) is 0 Å². The molecule has 0 spiro atoms. The summed E-state index contributed by atoms with van der Waals surface area (Å²) in [5, 5.41) is 0. The summed E-state index contributed by atoms with van der Waals surface area (Å²) in [6.07, 6.45) is 5.08. The average molecular weight is 389 g/mol. The lowest BCUT2D eigenvalue weighted by Gasteiger charge is -2.36. The third-order valence-electron chi connectivity index (χ3n) is 5.23. The van der Waals surface area contributed by atoms with Gasteiger partial charge in [0.1, 0.15) is 0 Å². The van der Waals surface area contributed by atoms with Crippen molar-refractivity contribution in [3.63, 3.8) is 0 Å². The van der Waals surface area contributed by atoms with E-state index < -0.39 is 0 Å². The smallest absolute Gasteiger partial charge is 0.0919 e. The van der Waals surface area contributed by atoms with Crippen LogP contribution in [0.4, 0.5) is 0 Å². The number of aromatic amines is 1. The zero-order valence-corrected chi connectivity index (χ0v) is 16.7. The highest BCUT2D eigenvalue weighted by atomic mass is 14.8. The third kappa shape index (κ3) is 3.94. The second-order valence-electron chi connectivity index (χ2n) is 6.97. The van der Waals surface area contributed by atoms with E-state index in [0.717, 1.165) is 0 Å². The van der Waals surface area contributed by atoms with E-state index >= 15 is 0 Å². The molecule has 0 aliphatic carbocycles. The Labute approximate surface area is 177 Å². The van der Waals surface area contributed by atoms with Gasteiger partial charge >= 0.3 is 0 Å². The highest BCUT2D eigenvalue weighted by Crippen LogP contribution is 2.44. The van der Waals surface area contributed by atoms with Gasteiger partial charge in [-0.1, -0.05) is 121 Å². The minimum atomic E-state index is -0.328. The molecule has 5 rings (SSSR count). The maximum Gasteiger partial charge on any atom is 0.0919 e. The van der Waals surface area contributed by atoms with Gasteiger partial charge in [0, 0.05) is 12.4 Å². The van der Waals surface area contributed by atoms with Crippen LogP contribution in [0.25, 0.3) is 0 Å². The summed E-state index contributed by atoms with van der Waals surface area (Å²) in [4.78, 5) is 6.42. The topological polar surface area (TPSA) is 28.7 Å². The number of imidazole rings is 1. The van der Waals surface area contributed by atoms with Gasteiger partial charge in [0.25, 0.3) is 0 Å². The molecule has 2 heteroatoms. The molecule has 5 aromatic rings. The minimum Gasteiger partial charge on any atom is -0.351 e. The lowest BCUT2D eigenvalue weighted by Crippen LogP contribution is -2.30. The molecule has 0 atom stereocenters. The maximum absolute atomic E-state index is 3.67. The van der Waals surface area contributed by atoms with Crippen molar-refractivity contribution in [2.24, 2.45) is 0 Å². The van der Waals surface area contributed by atoms with Gasteiger partial charge in [-0.3, -0.25) is 0 Å². The van der Waals surface area contributed by atoms with E-state index in [1.54, 1.807) is 18.7 Å². The van der Waals surface area contributed by atoms with E-state index in [9.17, 15) is 0 Å². The van der Waals surface area contributed by atoms with E-state index in [1.807, 2.05) is 0 Å². The van der Waals surface area contributed by atoms with Crippen LogP contribution in [-0.4, -0.2) is 9.97 Å². The first-order chi connectivity index (χ1) is 14.9. The highest BCUT2D eigenvalue weighted by molar-refractivity contribution is 5.59. The molecular weight excluding hydrogens is 364 g/mol. The molecule has 0 aliphatic rings. The SMILES string of the molecule is c1c[nH]cn1.c1ccc(C(c2ccccc2)(c2ccccc2)c2ccccc2)cc1. The first kappa shape index (κ1) is 19.4. The quantitative estimate of drug-likeness (QED) is 0.351. The zero-order chi connectivity index (χ0) is 20.5. The van der Waals surface area contributed by atoms with Gasteiger partial charge in [0.05, 0.1) is 11.7 Å². The van der Waals surface area contributed by atoms with Gasteiger partial charge in [-0.2, -0.15) is 0 Å². The molecule has 0 saturated heterocycles. The molecule has 0 saturated carbocycles. The van der Waals surface area contributed by atoms with Gasteiger partial charge in [-0.05, 0) is 22.3 Å². The van der Waals surface area contributed by atoms with Crippen LogP contribution in [0.15, 0.2) is 140 Å². The van der Waals surface area contributed by atoms with Crippen LogP contribution in [0.1, 0.15) is 22.3 Å². The Hall–Kier alpha value is -3.91. The Morgan fingerprint density at radius 3 is 1.00 bits per heavy atom. The Bertz CT molecular complexity index is 924. The molecule has 30 heavy (non-hydrogen) atoms. The van der Waals surface area contributed by atoms with Crippen LogP contribution in [0, 0.1) is 0 Å². The number of nitrogens with zero attached hydrogens (tertiary/aromatic N) is 1. The molecule has 0 unspecified atom stereocenters. The van der Waals surface area contributed by atoms with Crippen molar-refractivity contribution in [1.29, 1.82) is 0 Å². The van der Waals surface area contributed by atoms with Crippen molar-refractivity contribution < 1.29 is 0 Å². The van der Waals surface area contributed by atoms with Crippen molar-refractivity contribution >= 4 is 0 Å². The van der Waals surface area contributed by atoms with E-state index in [1.165, 1.54) is 22.3 Å². The van der Waals surface area contributed by atoms with Crippen LogP contribution < -0.4 is 0 Å². The summed E-state index contributed by atoms with van der Waals surface area (Å²) in [6, 6.07) is 43.1. The molecule has 0 radical (unpaired) electrons. The normalized spacial score (nSPS) is 10.7. The molecule has 1 heterocycles. The molecule has 0 amide bonds. The molecule has 0 fully saturated rings. The summed E-state index contributed by atoms with van der Waals surface area (Å²) in [6.45, 7) is 0. The second kappa shape index (κ2) is 9.53. The fourth-order valence-electron chi connectivity index (χ4n) is 3.97.